The summed E-state index contributed by atoms with van der Waals surface area (Å²) in [6.45, 7) is 4.68. The second-order valence-corrected chi connectivity index (χ2v) is 10.6. The third kappa shape index (κ3) is 8.96. The number of nitrogens with zero attached hydrogens (tertiary/aromatic N) is 1. The molecule has 2 aromatic carbocycles. The lowest BCUT2D eigenvalue weighted by atomic mass is 10.1. The Labute approximate surface area is 210 Å². The summed E-state index contributed by atoms with van der Waals surface area (Å²) in [6.07, 6.45) is 3.47. The van der Waals surface area contributed by atoms with Crippen molar-refractivity contribution in [3.63, 3.8) is 0 Å². The van der Waals surface area contributed by atoms with Gasteiger partial charge in [0.2, 0.25) is 10.0 Å². The molecule has 0 saturated carbocycles. The Bertz CT molecular complexity index is 926. The van der Waals surface area contributed by atoms with Crippen molar-refractivity contribution in [1.82, 2.24) is 4.31 Å². The predicted octanol–water partition coefficient (Wildman–Crippen LogP) is 4.55. The molecule has 194 valence electrons. The molecule has 2 atom stereocenters. The molecule has 0 amide bonds. The Hall–Kier alpha value is -2.39. The number of sulfonamides is 1. The number of hydrogen-bond donors (Lipinski definition) is 1. The van der Waals surface area contributed by atoms with E-state index in [0.717, 1.165) is 24.0 Å². The fourth-order valence-corrected chi connectivity index (χ4v) is 5.94. The topological polar surface area (TPSA) is 85.3 Å². The van der Waals surface area contributed by atoms with Gasteiger partial charge in [0.05, 0.1) is 20.3 Å². The highest BCUT2D eigenvalue weighted by Crippen LogP contribution is 2.26. The first-order chi connectivity index (χ1) is 16.8. The van der Waals surface area contributed by atoms with Crippen molar-refractivity contribution in [2.45, 2.75) is 56.5 Å². The van der Waals surface area contributed by atoms with Crippen LogP contribution in [0.3, 0.4) is 0 Å². The van der Waals surface area contributed by atoms with E-state index in [0.29, 0.717) is 30.9 Å². The summed E-state index contributed by atoms with van der Waals surface area (Å²) >= 11 is 0. The molecule has 0 aliphatic carbocycles. The van der Waals surface area contributed by atoms with Crippen molar-refractivity contribution in [2.75, 3.05) is 27.9 Å². The number of aliphatic hydroxyl groups is 1. The van der Waals surface area contributed by atoms with Crippen LogP contribution in [0, 0.1) is 0 Å². The van der Waals surface area contributed by atoms with Gasteiger partial charge in [0, 0.05) is 26.8 Å². The van der Waals surface area contributed by atoms with Crippen molar-refractivity contribution in [3.8, 4) is 11.5 Å². The van der Waals surface area contributed by atoms with Gasteiger partial charge in [0.1, 0.15) is 16.7 Å². The summed E-state index contributed by atoms with van der Waals surface area (Å²) in [6, 6.07) is 14.7. The van der Waals surface area contributed by atoms with E-state index in [-0.39, 0.29) is 19.5 Å². The molecule has 1 unspecified atom stereocenters. The second kappa shape index (κ2) is 14.9. The molecule has 2 rings (SSSR count). The van der Waals surface area contributed by atoms with Gasteiger partial charge in [-0.1, -0.05) is 43.2 Å². The number of ether oxygens (including phenoxy) is 3. The normalized spacial score (nSPS) is 13.4. The van der Waals surface area contributed by atoms with Gasteiger partial charge in [-0.2, -0.15) is 4.31 Å². The molecule has 7 nitrogen and oxygen atoms in total. The van der Waals surface area contributed by atoms with Gasteiger partial charge in [0.25, 0.3) is 0 Å². The molecule has 0 aromatic heterocycles. The Balaban J connectivity index is 2.34. The summed E-state index contributed by atoms with van der Waals surface area (Å²) in [5.74, 6) is 1.40. The SMILES string of the molecule is C=CC[C@H](O)C(CCCCCOC)S(=O)(=O)N(Cc1ccc(OC)cc1)Cc1ccc(OC)cc1. The van der Waals surface area contributed by atoms with Crippen molar-refractivity contribution >= 4 is 10.0 Å². The van der Waals surface area contributed by atoms with Crippen molar-refractivity contribution < 1.29 is 27.7 Å². The molecule has 8 heteroatoms. The number of hydrogen-bond acceptors (Lipinski definition) is 6. The van der Waals surface area contributed by atoms with E-state index in [4.69, 9.17) is 14.2 Å². The van der Waals surface area contributed by atoms with Gasteiger partial charge >= 0.3 is 0 Å². The lowest BCUT2D eigenvalue weighted by Gasteiger charge is -2.30. The average Bonchev–Trinajstić information content (AvgIpc) is 2.86. The maximum Gasteiger partial charge on any atom is 0.220 e. The van der Waals surface area contributed by atoms with Crippen molar-refractivity contribution in [2.24, 2.45) is 0 Å². The summed E-state index contributed by atoms with van der Waals surface area (Å²) in [5.41, 5.74) is 1.67. The van der Waals surface area contributed by atoms with Gasteiger partial charge in [-0.15, -0.1) is 6.58 Å². The fraction of sp³-hybridized carbons (Fsp3) is 0.481. The minimum atomic E-state index is -3.86. The van der Waals surface area contributed by atoms with Gasteiger partial charge in [-0.25, -0.2) is 8.42 Å². The molecular formula is C27H39NO6S. The standard InChI is InChI=1S/C27H39NO6S/c1-5-9-26(29)27(10-7-6-8-19-32-2)35(30,31)28(20-22-11-15-24(33-3)16-12-22)21-23-13-17-25(34-4)18-14-23/h5,11-18,26-27,29H,1,6-10,19-21H2,2-4H3/t26-,27?/m0/s1. The van der Waals surface area contributed by atoms with Crippen LogP contribution in [0.5, 0.6) is 11.5 Å². The zero-order valence-electron chi connectivity index (χ0n) is 21.1. The first kappa shape index (κ1) is 28.8. The molecule has 0 radical (unpaired) electrons. The molecule has 0 bridgehead atoms. The van der Waals surface area contributed by atoms with E-state index in [1.54, 1.807) is 27.4 Å². The lowest BCUT2D eigenvalue weighted by Crippen LogP contribution is -2.44. The number of rotatable bonds is 17. The van der Waals surface area contributed by atoms with Gasteiger partial charge in [0.15, 0.2) is 0 Å². The molecule has 0 aliphatic heterocycles. The molecule has 0 saturated heterocycles. The third-order valence-corrected chi connectivity index (χ3v) is 8.25. The number of benzene rings is 2. The zero-order valence-corrected chi connectivity index (χ0v) is 21.9. The van der Waals surface area contributed by atoms with Crippen LogP contribution in [0.4, 0.5) is 0 Å². The number of unbranched alkanes of at least 4 members (excludes halogenated alkanes) is 2. The summed E-state index contributed by atoms with van der Waals surface area (Å²) < 4.78 is 45.0. The van der Waals surface area contributed by atoms with Gasteiger partial charge in [-0.3, -0.25) is 0 Å². The van der Waals surface area contributed by atoms with Crippen molar-refractivity contribution in [3.05, 3.63) is 72.3 Å². The molecule has 0 aliphatic rings. The molecular weight excluding hydrogens is 466 g/mol. The Morgan fingerprint density at radius 1 is 0.886 bits per heavy atom. The van der Waals surface area contributed by atoms with Gasteiger partial charge < -0.3 is 19.3 Å². The molecule has 2 aromatic rings. The average molecular weight is 506 g/mol. The largest absolute Gasteiger partial charge is 0.497 e. The first-order valence-corrected chi connectivity index (χ1v) is 13.4. The van der Waals surface area contributed by atoms with Crippen LogP contribution in [0.15, 0.2) is 61.2 Å². The maximum absolute atomic E-state index is 14.0. The first-order valence-electron chi connectivity index (χ1n) is 11.9. The highest BCUT2D eigenvalue weighted by Gasteiger charge is 2.36. The van der Waals surface area contributed by atoms with E-state index in [9.17, 15) is 13.5 Å². The lowest BCUT2D eigenvalue weighted by molar-refractivity contribution is 0.161. The van der Waals surface area contributed by atoms with E-state index in [2.05, 4.69) is 6.58 Å². The Morgan fingerprint density at radius 2 is 1.40 bits per heavy atom. The second-order valence-electron chi connectivity index (χ2n) is 8.48. The number of methoxy groups -OCH3 is 3. The summed E-state index contributed by atoms with van der Waals surface area (Å²) in [4.78, 5) is 0. The quantitative estimate of drug-likeness (QED) is 0.251. The Kier molecular flexibility index (Phi) is 12.3. The molecule has 1 N–H and O–H groups in total. The van der Waals surface area contributed by atoms with E-state index < -0.39 is 21.4 Å². The number of aliphatic hydroxyl groups excluding tert-OH is 1. The van der Waals surface area contributed by atoms with Crippen LogP contribution in [-0.4, -0.2) is 57.1 Å². The highest BCUT2D eigenvalue weighted by molar-refractivity contribution is 7.89. The minimum Gasteiger partial charge on any atom is -0.497 e. The smallest absolute Gasteiger partial charge is 0.220 e. The monoisotopic (exact) mass is 505 g/mol. The van der Waals surface area contributed by atoms with Crippen LogP contribution < -0.4 is 9.47 Å². The van der Waals surface area contributed by atoms with E-state index >= 15 is 0 Å². The minimum absolute atomic E-state index is 0.180. The van der Waals surface area contributed by atoms with Crippen LogP contribution in [-0.2, 0) is 27.8 Å². The predicted molar refractivity (Wildman–Crippen MR) is 139 cm³/mol. The van der Waals surface area contributed by atoms with E-state index in [1.165, 1.54) is 4.31 Å². The van der Waals surface area contributed by atoms with Crippen LogP contribution in [0.2, 0.25) is 0 Å². The Morgan fingerprint density at radius 3 is 1.83 bits per heavy atom. The molecule has 0 heterocycles. The zero-order chi connectivity index (χ0) is 25.7. The third-order valence-electron chi connectivity index (χ3n) is 5.95. The van der Waals surface area contributed by atoms with Crippen LogP contribution in [0.25, 0.3) is 0 Å². The molecule has 35 heavy (non-hydrogen) atoms. The van der Waals surface area contributed by atoms with Crippen LogP contribution in [0.1, 0.15) is 43.2 Å². The highest BCUT2D eigenvalue weighted by atomic mass is 32.2. The summed E-state index contributed by atoms with van der Waals surface area (Å²) in [5, 5.41) is 9.90. The summed E-state index contributed by atoms with van der Waals surface area (Å²) in [7, 11) is 0.969. The maximum atomic E-state index is 14.0. The van der Waals surface area contributed by atoms with Crippen molar-refractivity contribution in [1.29, 1.82) is 0 Å². The van der Waals surface area contributed by atoms with Gasteiger partial charge in [-0.05, 0) is 54.7 Å². The fourth-order valence-electron chi connectivity index (χ4n) is 3.93. The van der Waals surface area contributed by atoms with E-state index in [1.807, 2.05) is 48.5 Å². The molecule has 0 spiro atoms. The molecule has 0 fully saturated rings. The van der Waals surface area contributed by atoms with Crippen LogP contribution >= 0.6 is 0 Å².